The number of carbonyl (C=O) groups is 1. The Morgan fingerprint density at radius 1 is 1.23 bits per heavy atom. The van der Waals surface area contributed by atoms with Gasteiger partial charge in [-0.3, -0.25) is 9.35 Å². The summed E-state index contributed by atoms with van der Waals surface area (Å²) in [4.78, 5) is 14.3. The first-order valence-corrected chi connectivity index (χ1v) is 17.7. The molecule has 6 unspecified atom stereocenters. The Morgan fingerprint density at radius 2 is 1.95 bits per heavy atom. The van der Waals surface area contributed by atoms with Crippen LogP contribution in [0.3, 0.4) is 0 Å². The van der Waals surface area contributed by atoms with E-state index in [1.54, 1.807) is 0 Å². The summed E-state index contributed by atoms with van der Waals surface area (Å²) in [5.41, 5.74) is 1.39. The molecule has 4 fully saturated rings. The van der Waals surface area contributed by atoms with Gasteiger partial charge >= 0.3 is 10.4 Å². The van der Waals surface area contributed by atoms with Gasteiger partial charge in [0.15, 0.2) is 0 Å². The molecule has 0 aliphatic heterocycles. The quantitative estimate of drug-likeness (QED) is 0.229. The molecule has 0 spiro atoms. The molecule has 4 aliphatic rings. The number of nitrogens with one attached hydrogen (secondary N) is 1. The molecule has 40 heavy (non-hydrogen) atoms. The molecule has 0 saturated heterocycles. The average molecular weight is 612 g/mol. The van der Waals surface area contributed by atoms with Gasteiger partial charge < -0.3 is 5.32 Å². The number of carbonyl (C=O) groups excluding carboxylic acids is 1. The van der Waals surface area contributed by atoms with Gasteiger partial charge in [0.1, 0.15) is 0 Å². The lowest BCUT2D eigenvalue weighted by Crippen LogP contribution is -2.58. The van der Waals surface area contributed by atoms with Crippen molar-refractivity contribution in [2.45, 2.75) is 104 Å². The van der Waals surface area contributed by atoms with Crippen LogP contribution >= 0.6 is 22.9 Å². The van der Waals surface area contributed by atoms with Crippen LogP contribution in [0.2, 0.25) is 4.34 Å². The van der Waals surface area contributed by atoms with Crippen LogP contribution < -0.4 is 5.32 Å². The molecule has 1 aromatic rings. The van der Waals surface area contributed by atoms with E-state index in [9.17, 15) is 17.8 Å². The summed E-state index contributed by atoms with van der Waals surface area (Å²) in [5, 5.41) is 3.24. The van der Waals surface area contributed by atoms with E-state index >= 15 is 0 Å². The molecule has 0 radical (unpaired) electrons. The van der Waals surface area contributed by atoms with Crippen molar-refractivity contribution in [3.63, 3.8) is 0 Å². The van der Waals surface area contributed by atoms with Gasteiger partial charge in [0.05, 0.1) is 16.5 Å². The van der Waals surface area contributed by atoms with Crippen LogP contribution in [0.5, 0.6) is 0 Å². The molecular weight excluding hydrogens is 566 g/mol. The van der Waals surface area contributed by atoms with Gasteiger partial charge in [0, 0.05) is 11.3 Å². The molecule has 224 valence electrons. The Balaban J connectivity index is 1.34. The predicted molar refractivity (Wildman–Crippen MR) is 160 cm³/mol. The Hall–Kier alpha value is -0.930. The molecule has 4 saturated carbocycles. The Kier molecular flexibility index (Phi) is 8.62. The topological polar surface area (TPSA) is 92.7 Å². The van der Waals surface area contributed by atoms with E-state index < -0.39 is 16.5 Å². The standard InChI is InChI=1S/C31H46ClNO5S2/c1-6-24(26-9-10-27(32)39-26)33-28(34)16-19(3)21-7-8-22-29-23(12-14-31(21,22)5)30(4)13-11-18(2)15-20(30)17-25(29)38-40(35,36)37/h9-10,19-25,29H,2,6-8,11-17H2,1,3-5H3,(H,33,34)(H,35,36,37)/t19-,20?,21?,22+,23+,24?,25-,29?,30?,31?/m1/s1. The van der Waals surface area contributed by atoms with E-state index in [0.717, 1.165) is 60.6 Å². The smallest absolute Gasteiger partial charge is 0.348 e. The number of hydrogen-bond donors (Lipinski definition) is 2. The van der Waals surface area contributed by atoms with Crippen LogP contribution in [0.1, 0.15) is 103 Å². The van der Waals surface area contributed by atoms with Crippen LogP contribution in [0, 0.1) is 46.3 Å². The molecule has 1 amide bonds. The number of thiophene rings is 1. The fraction of sp³-hybridized carbons (Fsp3) is 0.774. The zero-order valence-corrected chi connectivity index (χ0v) is 26.7. The minimum atomic E-state index is -4.56. The minimum absolute atomic E-state index is 0.00852. The number of allylic oxidation sites excluding steroid dienone is 1. The lowest BCUT2D eigenvalue weighted by Gasteiger charge is -2.62. The van der Waals surface area contributed by atoms with Gasteiger partial charge in [-0.2, -0.15) is 8.42 Å². The van der Waals surface area contributed by atoms with Gasteiger partial charge in [-0.1, -0.05) is 51.4 Å². The van der Waals surface area contributed by atoms with Crippen molar-refractivity contribution in [2.75, 3.05) is 0 Å². The molecule has 1 aromatic heterocycles. The third kappa shape index (κ3) is 5.69. The number of hydrogen-bond acceptors (Lipinski definition) is 5. The van der Waals surface area contributed by atoms with Crippen LogP contribution in [-0.4, -0.2) is 25.0 Å². The minimum Gasteiger partial charge on any atom is -0.348 e. The van der Waals surface area contributed by atoms with Crippen molar-refractivity contribution < 1.29 is 21.9 Å². The van der Waals surface area contributed by atoms with Crippen molar-refractivity contribution in [2.24, 2.45) is 46.3 Å². The molecule has 1 heterocycles. The zero-order valence-electron chi connectivity index (χ0n) is 24.3. The van der Waals surface area contributed by atoms with E-state index in [4.69, 9.17) is 15.8 Å². The summed E-state index contributed by atoms with van der Waals surface area (Å²) in [6.07, 6.45) is 8.64. The summed E-state index contributed by atoms with van der Waals surface area (Å²) >= 11 is 7.66. The van der Waals surface area contributed by atoms with Crippen LogP contribution in [0.4, 0.5) is 0 Å². The summed E-state index contributed by atoms with van der Waals surface area (Å²) in [6, 6.07) is 3.85. The molecule has 10 atom stereocenters. The first-order valence-electron chi connectivity index (χ1n) is 15.1. The van der Waals surface area contributed by atoms with E-state index in [0.29, 0.717) is 36.5 Å². The largest absolute Gasteiger partial charge is 0.397 e. The lowest BCUT2D eigenvalue weighted by molar-refractivity contribution is -0.154. The van der Waals surface area contributed by atoms with E-state index in [1.807, 2.05) is 12.1 Å². The fourth-order valence-electron chi connectivity index (χ4n) is 9.91. The number of halogens is 1. The lowest BCUT2D eigenvalue weighted by atomic mass is 9.43. The summed E-state index contributed by atoms with van der Waals surface area (Å²) in [7, 11) is -4.56. The van der Waals surface area contributed by atoms with Crippen molar-refractivity contribution in [3.8, 4) is 0 Å². The van der Waals surface area contributed by atoms with Crippen LogP contribution in [0.25, 0.3) is 0 Å². The van der Waals surface area contributed by atoms with Gasteiger partial charge in [-0.15, -0.1) is 11.3 Å². The van der Waals surface area contributed by atoms with Gasteiger partial charge in [0.2, 0.25) is 5.91 Å². The van der Waals surface area contributed by atoms with Gasteiger partial charge in [-0.05, 0) is 116 Å². The third-order valence-corrected chi connectivity index (χ3v) is 13.6. The number of rotatable bonds is 8. The summed E-state index contributed by atoms with van der Waals surface area (Å²) in [5.74, 6) is 1.76. The maximum absolute atomic E-state index is 13.2. The molecule has 6 nitrogen and oxygen atoms in total. The Morgan fingerprint density at radius 3 is 2.60 bits per heavy atom. The molecule has 0 aromatic carbocycles. The highest BCUT2D eigenvalue weighted by atomic mass is 35.5. The van der Waals surface area contributed by atoms with Crippen LogP contribution in [-0.2, 0) is 19.4 Å². The monoisotopic (exact) mass is 611 g/mol. The Labute approximate surface area is 249 Å². The second-order valence-corrected chi connectivity index (χ2v) is 16.6. The summed E-state index contributed by atoms with van der Waals surface area (Å²) in [6.45, 7) is 13.3. The molecule has 5 rings (SSSR count). The van der Waals surface area contributed by atoms with Gasteiger partial charge in [-0.25, -0.2) is 4.18 Å². The highest BCUT2D eigenvalue weighted by Gasteiger charge is 2.63. The number of amides is 1. The van der Waals surface area contributed by atoms with E-state index in [2.05, 4.69) is 39.6 Å². The zero-order chi connectivity index (χ0) is 29.0. The fourth-order valence-corrected chi connectivity index (χ4v) is 11.6. The van der Waals surface area contributed by atoms with Gasteiger partial charge in [0.25, 0.3) is 0 Å². The molecule has 2 N–H and O–H groups in total. The SMILES string of the molecule is C=C1CCC2(C)C(C1)C[C@@H](OS(=O)(=O)O)C1[C@@H]2CCC2(C)C([C@H](C)CC(=O)NC(CC)c3ccc(Cl)s3)CC[C@@H]12. The van der Waals surface area contributed by atoms with E-state index in [1.165, 1.54) is 16.9 Å². The Bertz CT molecular complexity index is 1230. The predicted octanol–water partition coefficient (Wildman–Crippen LogP) is 8.01. The highest BCUT2D eigenvalue weighted by molar-refractivity contribution is 7.80. The van der Waals surface area contributed by atoms with Crippen molar-refractivity contribution in [1.29, 1.82) is 0 Å². The molecule has 4 aliphatic carbocycles. The maximum atomic E-state index is 13.2. The third-order valence-electron chi connectivity index (χ3n) is 11.8. The van der Waals surface area contributed by atoms with Crippen molar-refractivity contribution in [3.05, 3.63) is 33.5 Å². The summed E-state index contributed by atoms with van der Waals surface area (Å²) < 4.78 is 40.1. The first-order chi connectivity index (χ1) is 18.7. The molecular formula is C31H46ClNO5S2. The average Bonchev–Trinajstić information content (AvgIpc) is 3.45. The van der Waals surface area contributed by atoms with Crippen LogP contribution in [0.15, 0.2) is 24.3 Å². The normalized spacial score (nSPS) is 39.1. The number of fused-ring (bicyclic) bond motifs is 5. The second-order valence-electron chi connectivity index (χ2n) is 13.8. The maximum Gasteiger partial charge on any atom is 0.397 e. The first kappa shape index (κ1) is 30.5. The van der Waals surface area contributed by atoms with Crippen molar-refractivity contribution in [1.82, 2.24) is 5.32 Å². The molecule has 9 heteroatoms. The second kappa shape index (κ2) is 11.3. The van der Waals surface area contributed by atoms with E-state index in [-0.39, 0.29) is 34.6 Å². The van der Waals surface area contributed by atoms with Crippen molar-refractivity contribution >= 4 is 39.2 Å². The molecule has 0 bridgehead atoms. The highest BCUT2D eigenvalue weighted by Crippen LogP contribution is 2.69.